The fourth-order valence-corrected chi connectivity index (χ4v) is 1.72. The van der Waals surface area contributed by atoms with Crippen molar-refractivity contribution in [2.45, 2.75) is 6.92 Å². The lowest BCUT2D eigenvalue weighted by atomic mass is 10.1. The SMILES string of the molecule is Cc1ccc(C(=O)NCCNc2cc(N)ccn2)cc1. The molecular formula is C15H18N4O. The quantitative estimate of drug-likeness (QED) is 0.724. The molecule has 0 aliphatic rings. The van der Waals surface area contributed by atoms with Crippen molar-refractivity contribution < 1.29 is 4.79 Å². The van der Waals surface area contributed by atoms with Gasteiger partial charge in [0, 0.05) is 36.6 Å². The van der Waals surface area contributed by atoms with Gasteiger partial charge < -0.3 is 16.4 Å². The number of benzene rings is 1. The minimum absolute atomic E-state index is 0.0765. The number of nitrogen functional groups attached to an aromatic ring is 1. The minimum Gasteiger partial charge on any atom is -0.399 e. The predicted octanol–water partition coefficient (Wildman–Crippen LogP) is 1.81. The van der Waals surface area contributed by atoms with Crippen molar-refractivity contribution in [3.05, 3.63) is 53.7 Å². The molecule has 0 aliphatic carbocycles. The Labute approximate surface area is 118 Å². The van der Waals surface area contributed by atoms with Crippen LogP contribution in [0.2, 0.25) is 0 Å². The van der Waals surface area contributed by atoms with E-state index >= 15 is 0 Å². The molecule has 0 unspecified atom stereocenters. The summed E-state index contributed by atoms with van der Waals surface area (Å²) in [6.45, 7) is 3.10. The molecule has 0 fully saturated rings. The fraction of sp³-hybridized carbons (Fsp3) is 0.200. The second-order valence-electron chi connectivity index (χ2n) is 4.52. The van der Waals surface area contributed by atoms with E-state index in [0.29, 0.717) is 30.2 Å². The normalized spacial score (nSPS) is 10.1. The molecule has 0 radical (unpaired) electrons. The van der Waals surface area contributed by atoms with E-state index in [1.165, 1.54) is 0 Å². The fourth-order valence-electron chi connectivity index (χ4n) is 1.72. The first-order valence-electron chi connectivity index (χ1n) is 6.45. The largest absolute Gasteiger partial charge is 0.399 e. The summed E-state index contributed by atoms with van der Waals surface area (Å²) in [7, 11) is 0. The van der Waals surface area contributed by atoms with Gasteiger partial charge in [0.05, 0.1) is 0 Å². The van der Waals surface area contributed by atoms with E-state index in [9.17, 15) is 4.79 Å². The van der Waals surface area contributed by atoms with Gasteiger partial charge in [-0.25, -0.2) is 4.98 Å². The van der Waals surface area contributed by atoms with Gasteiger partial charge in [-0.2, -0.15) is 0 Å². The summed E-state index contributed by atoms with van der Waals surface area (Å²) in [6, 6.07) is 11.0. The molecule has 1 aromatic heterocycles. The summed E-state index contributed by atoms with van der Waals surface area (Å²) in [4.78, 5) is 16.0. The molecule has 104 valence electrons. The number of amides is 1. The number of carbonyl (C=O) groups excluding carboxylic acids is 1. The number of nitrogens with zero attached hydrogens (tertiary/aromatic N) is 1. The number of rotatable bonds is 5. The highest BCUT2D eigenvalue weighted by molar-refractivity contribution is 5.94. The van der Waals surface area contributed by atoms with Gasteiger partial charge in [-0.1, -0.05) is 17.7 Å². The maximum absolute atomic E-state index is 11.8. The van der Waals surface area contributed by atoms with E-state index in [1.54, 1.807) is 18.3 Å². The van der Waals surface area contributed by atoms with Crippen LogP contribution in [0.15, 0.2) is 42.6 Å². The molecule has 0 saturated heterocycles. The maximum Gasteiger partial charge on any atom is 0.251 e. The third kappa shape index (κ3) is 3.98. The average Bonchev–Trinajstić information content (AvgIpc) is 2.44. The third-order valence-corrected chi connectivity index (χ3v) is 2.81. The first-order chi connectivity index (χ1) is 9.65. The lowest BCUT2D eigenvalue weighted by Gasteiger charge is -2.08. The summed E-state index contributed by atoms with van der Waals surface area (Å²) >= 11 is 0. The summed E-state index contributed by atoms with van der Waals surface area (Å²) in [6.07, 6.45) is 1.64. The first kappa shape index (κ1) is 13.9. The Hall–Kier alpha value is -2.56. The standard InChI is InChI=1S/C15H18N4O/c1-11-2-4-12(5-3-11)15(20)19-9-8-18-14-10-13(16)6-7-17-14/h2-7,10H,8-9H2,1H3,(H,19,20)(H3,16,17,18). The number of hydrogen-bond acceptors (Lipinski definition) is 4. The number of carbonyl (C=O) groups is 1. The number of nitrogens with two attached hydrogens (primary N) is 1. The molecule has 0 atom stereocenters. The van der Waals surface area contributed by atoms with Crippen LogP contribution < -0.4 is 16.4 Å². The summed E-state index contributed by atoms with van der Waals surface area (Å²) in [5.74, 6) is 0.627. The maximum atomic E-state index is 11.8. The van der Waals surface area contributed by atoms with Crippen molar-refractivity contribution in [2.24, 2.45) is 0 Å². The Kier molecular flexibility index (Phi) is 4.55. The van der Waals surface area contributed by atoms with Crippen molar-refractivity contribution >= 4 is 17.4 Å². The number of pyridine rings is 1. The van der Waals surface area contributed by atoms with Crippen molar-refractivity contribution in [1.29, 1.82) is 0 Å². The Bertz CT molecular complexity index is 581. The second kappa shape index (κ2) is 6.56. The van der Waals surface area contributed by atoms with Crippen LogP contribution in [-0.4, -0.2) is 24.0 Å². The average molecular weight is 270 g/mol. The zero-order valence-corrected chi connectivity index (χ0v) is 11.4. The summed E-state index contributed by atoms with van der Waals surface area (Å²) in [5.41, 5.74) is 8.11. The highest BCUT2D eigenvalue weighted by atomic mass is 16.1. The number of aryl methyl sites for hydroxylation is 1. The van der Waals surface area contributed by atoms with Gasteiger partial charge in [0.15, 0.2) is 0 Å². The highest BCUT2D eigenvalue weighted by Crippen LogP contribution is 2.07. The Morgan fingerprint density at radius 2 is 1.95 bits per heavy atom. The van der Waals surface area contributed by atoms with Crippen LogP contribution in [-0.2, 0) is 0 Å². The second-order valence-corrected chi connectivity index (χ2v) is 4.52. The van der Waals surface area contributed by atoms with Gasteiger partial charge in [0.25, 0.3) is 5.91 Å². The van der Waals surface area contributed by atoms with E-state index in [0.717, 1.165) is 5.56 Å². The number of aromatic nitrogens is 1. The van der Waals surface area contributed by atoms with Gasteiger partial charge in [0.2, 0.25) is 0 Å². The van der Waals surface area contributed by atoms with E-state index in [4.69, 9.17) is 5.73 Å². The predicted molar refractivity (Wildman–Crippen MR) is 80.7 cm³/mol. The van der Waals surface area contributed by atoms with Crippen molar-refractivity contribution in [1.82, 2.24) is 10.3 Å². The first-order valence-corrected chi connectivity index (χ1v) is 6.45. The molecule has 2 rings (SSSR count). The van der Waals surface area contributed by atoms with Crippen LogP contribution in [0, 0.1) is 6.92 Å². The van der Waals surface area contributed by atoms with Gasteiger partial charge >= 0.3 is 0 Å². The van der Waals surface area contributed by atoms with Crippen LogP contribution >= 0.6 is 0 Å². The lowest BCUT2D eigenvalue weighted by Crippen LogP contribution is -2.28. The molecule has 4 N–H and O–H groups in total. The van der Waals surface area contributed by atoms with Gasteiger partial charge in [-0.3, -0.25) is 4.79 Å². The molecule has 0 spiro atoms. The van der Waals surface area contributed by atoms with Crippen molar-refractivity contribution in [2.75, 3.05) is 24.1 Å². The third-order valence-electron chi connectivity index (χ3n) is 2.81. The van der Waals surface area contributed by atoms with Gasteiger partial charge in [0.1, 0.15) is 5.82 Å². The monoisotopic (exact) mass is 270 g/mol. The number of hydrogen-bond donors (Lipinski definition) is 3. The van der Waals surface area contributed by atoms with Crippen LogP contribution in [0.3, 0.4) is 0 Å². The summed E-state index contributed by atoms with van der Waals surface area (Å²) < 4.78 is 0. The molecule has 1 amide bonds. The van der Waals surface area contributed by atoms with E-state index in [2.05, 4.69) is 15.6 Å². The van der Waals surface area contributed by atoms with Crippen LogP contribution in [0.25, 0.3) is 0 Å². The molecule has 1 heterocycles. The van der Waals surface area contributed by atoms with Crippen molar-refractivity contribution in [3.63, 3.8) is 0 Å². The Morgan fingerprint density at radius 1 is 1.20 bits per heavy atom. The lowest BCUT2D eigenvalue weighted by molar-refractivity contribution is 0.0955. The molecular weight excluding hydrogens is 252 g/mol. The van der Waals surface area contributed by atoms with Gasteiger partial charge in [-0.05, 0) is 25.1 Å². The zero-order chi connectivity index (χ0) is 14.4. The molecule has 1 aromatic carbocycles. The van der Waals surface area contributed by atoms with Gasteiger partial charge in [-0.15, -0.1) is 0 Å². The molecule has 5 nitrogen and oxygen atoms in total. The van der Waals surface area contributed by atoms with Crippen LogP contribution in [0.5, 0.6) is 0 Å². The van der Waals surface area contributed by atoms with Crippen LogP contribution in [0.4, 0.5) is 11.5 Å². The number of nitrogens with one attached hydrogen (secondary N) is 2. The van der Waals surface area contributed by atoms with Crippen LogP contribution in [0.1, 0.15) is 15.9 Å². The van der Waals surface area contributed by atoms with E-state index < -0.39 is 0 Å². The molecule has 0 aliphatic heterocycles. The minimum atomic E-state index is -0.0765. The Balaban J connectivity index is 1.76. The molecule has 0 saturated carbocycles. The molecule has 0 bridgehead atoms. The molecule has 20 heavy (non-hydrogen) atoms. The highest BCUT2D eigenvalue weighted by Gasteiger charge is 2.03. The van der Waals surface area contributed by atoms with Crippen molar-refractivity contribution in [3.8, 4) is 0 Å². The molecule has 2 aromatic rings. The van der Waals surface area contributed by atoms with E-state index in [1.807, 2.05) is 31.2 Å². The topological polar surface area (TPSA) is 80.0 Å². The smallest absolute Gasteiger partial charge is 0.251 e. The zero-order valence-electron chi connectivity index (χ0n) is 11.4. The Morgan fingerprint density at radius 3 is 2.65 bits per heavy atom. The molecule has 5 heteroatoms. The number of anilines is 2. The van der Waals surface area contributed by atoms with E-state index in [-0.39, 0.29) is 5.91 Å². The summed E-state index contributed by atoms with van der Waals surface area (Å²) in [5, 5.41) is 5.94.